The fourth-order valence-electron chi connectivity index (χ4n) is 0.629. The summed E-state index contributed by atoms with van der Waals surface area (Å²) >= 11 is 4.92. The Balaban J connectivity index is 3.32. The van der Waals surface area contributed by atoms with E-state index < -0.39 is 6.09 Å². The number of nitrogens with two attached hydrogens (primary N) is 1. The molecule has 0 saturated heterocycles. The van der Waals surface area contributed by atoms with E-state index in [1.54, 1.807) is 0 Å². The summed E-state index contributed by atoms with van der Waals surface area (Å²) in [4.78, 5) is 10.1. The highest BCUT2D eigenvalue weighted by Gasteiger charge is 1.97. The van der Waals surface area contributed by atoms with E-state index >= 15 is 0 Å². The molecule has 0 heterocycles. The van der Waals surface area contributed by atoms with Gasteiger partial charge in [0.2, 0.25) is 0 Å². The van der Waals surface area contributed by atoms with Crippen LogP contribution in [0.5, 0.6) is 0 Å². The van der Waals surface area contributed by atoms with Crippen LogP contribution in [-0.4, -0.2) is 30.4 Å². The van der Waals surface area contributed by atoms with Crippen LogP contribution in [0.1, 0.15) is 13.8 Å². The maximum absolute atomic E-state index is 10.1. The van der Waals surface area contributed by atoms with Crippen LogP contribution in [0.2, 0.25) is 0 Å². The largest absolute Gasteiger partial charge is 0.448 e. The molecular formula is C7H15N3O2S. The Morgan fingerprint density at radius 3 is 2.69 bits per heavy atom. The van der Waals surface area contributed by atoms with Crippen molar-refractivity contribution in [3.63, 3.8) is 0 Å². The van der Waals surface area contributed by atoms with Crippen molar-refractivity contribution in [3.05, 3.63) is 0 Å². The van der Waals surface area contributed by atoms with Gasteiger partial charge in [-0.1, -0.05) is 0 Å². The summed E-state index contributed by atoms with van der Waals surface area (Å²) in [7, 11) is 0. The molecule has 0 aliphatic carbocycles. The van der Waals surface area contributed by atoms with Gasteiger partial charge in [-0.15, -0.1) is 0 Å². The maximum Gasteiger partial charge on any atom is 0.404 e. The van der Waals surface area contributed by atoms with Gasteiger partial charge in [0.25, 0.3) is 0 Å². The minimum atomic E-state index is -0.774. The van der Waals surface area contributed by atoms with Crippen LogP contribution in [0.4, 0.5) is 4.79 Å². The molecule has 5 nitrogen and oxygen atoms in total. The molecule has 0 aliphatic heterocycles. The Kier molecular flexibility index (Phi) is 5.96. The third-order valence-corrected chi connectivity index (χ3v) is 1.31. The summed E-state index contributed by atoms with van der Waals surface area (Å²) in [5.74, 6) is 0. The van der Waals surface area contributed by atoms with Gasteiger partial charge in [0, 0.05) is 6.04 Å². The number of hydrogen-bond donors (Lipinski definition) is 3. The smallest absolute Gasteiger partial charge is 0.404 e. The first kappa shape index (κ1) is 12.0. The van der Waals surface area contributed by atoms with E-state index in [4.69, 9.17) is 18.0 Å². The van der Waals surface area contributed by atoms with E-state index in [9.17, 15) is 4.79 Å². The molecule has 0 saturated carbocycles. The number of thiocarbonyl (C=S) groups is 1. The van der Waals surface area contributed by atoms with Crippen molar-refractivity contribution in [2.45, 2.75) is 19.9 Å². The van der Waals surface area contributed by atoms with Crippen molar-refractivity contribution in [2.24, 2.45) is 5.73 Å². The number of primary amides is 1. The first-order valence-electron chi connectivity index (χ1n) is 3.99. The molecular weight excluding hydrogens is 190 g/mol. The molecule has 0 spiro atoms. The van der Waals surface area contributed by atoms with Crippen molar-refractivity contribution >= 4 is 23.4 Å². The second kappa shape index (κ2) is 6.47. The van der Waals surface area contributed by atoms with E-state index in [1.165, 1.54) is 0 Å². The van der Waals surface area contributed by atoms with Gasteiger partial charge in [-0.25, -0.2) is 4.79 Å². The zero-order chi connectivity index (χ0) is 10.3. The molecule has 0 aromatic rings. The van der Waals surface area contributed by atoms with Crippen molar-refractivity contribution in [3.8, 4) is 0 Å². The lowest BCUT2D eigenvalue weighted by Crippen LogP contribution is -2.40. The Hall–Kier alpha value is -1.04. The van der Waals surface area contributed by atoms with E-state index in [0.717, 1.165) is 0 Å². The highest BCUT2D eigenvalue weighted by Crippen LogP contribution is 1.77. The summed E-state index contributed by atoms with van der Waals surface area (Å²) in [6.07, 6.45) is -0.774. The van der Waals surface area contributed by atoms with Gasteiger partial charge in [0.05, 0.1) is 6.54 Å². The van der Waals surface area contributed by atoms with Crippen molar-refractivity contribution in [2.75, 3.05) is 13.2 Å². The lowest BCUT2D eigenvalue weighted by atomic mass is 10.4. The predicted molar refractivity (Wildman–Crippen MR) is 54.4 cm³/mol. The van der Waals surface area contributed by atoms with Gasteiger partial charge in [-0.2, -0.15) is 0 Å². The fraction of sp³-hybridized carbons (Fsp3) is 0.714. The van der Waals surface area contributed by atoms with Crippen LogP contribution < -0.4 is 16.4 Å². The third kappa shape index (κ3) is 8.87. The first-order valence-corrected chi connectivity index (χ1v) is 4.39. The minimum absolute atomic E-state index is 0.218. The summed E-state index contributed by atoms with van der Waals surface area (Å²) in [5.41, 5.74) is 4.75. The van der Waals surface area contributed by atoms with Crippen LogP contribution in [0, 0.1) is 0 Å². The van der Waals surface area contributed by atoms with Gasteiger partial charge in [0.1, 0.15) is 6.61 Å². The molecule has 0 aliphatic rings. The van der Waals surface area contributed by atoms with E-state index in [0.29, 0.717) is 11.7 Å². The van der Waals surface area contributed by atoms with E-state index in [-0.39, 0.29) is 12.6 Å². The highest BCUT2D eigenvalue weighted by atomic mass is 32.1. The molecule has 0 aromatic carbocycles. The average Bonchev–Trinajstić information content (AvgIpc) is 1.96. The normalized spacial score (nSPS) is 9.46. The number of ether oxygens (including phenoxy) is 1. The molecule has 0 atom stereocenters. The molecule has 4 N–H and O–H groups in total. The zero-order valence-electron chi connectivity index (χ0n) is 7.79. The summed E-state index contributed by atoms with van der Waals surface area (Å²) in [6.45, 7) is 4.64. The molecule has 0 bridgehead atoms. The lowest BCUT2D eigenvalue weighted by Gasteiger charge is -2.12. The van der Waals surface area contributed by atoms with Gasteiger partial charge >= 0.3 is 6.09 Å². The van der Waals surface area contributed by atoms with Crippen molar-refractivity contribution in [1.29, 1.82) is 0 Å². The van der Waals surface area contributed by atoms with Gasteiger partial charge in [-0.3, -0.25) is 0 Å². The molecule has 0 fully saturated rings. The number of rotatable bonds is 4. The molecule has 0 aromatic heterocycles. The van der Waals surface area contributed by atoms with Gasteiger partial charge < -0.3 is 21.1 Å². The average molecular weight is 205 g/mol. The summed E-state index contributed by atoms with van der Waals surface area (Å²) in [5, 5.41) is 6.38. The standard InChI is InChI=1S/C7H15N3O2S/c1-5(2)10-7(13)9-3-4-12-6(8)11/h5H,3-4H2,1-2H3,(H2,8,11)(H2,9,10,13). The van der Waals surface area contributed by atoms with Gasteiger partial charge in [0.15, 0.2) is 5.11 Å². The summed E-state index contributed by atoms with van der Waals surface area (Å²) < 4.78 is 4.49. The number of carbonyl (C=O) groups is 1. The molecule has 6 heteroatoms. The molecule has 13 heavy (non-hydrogen) atoms. The Bertz CT molecular complexity index is 185. The van der Waals surface area contributed by atoms with Crippen LogP contribution in [-0.2, 0) is 4.74 Å². The third-order valence-electron chi connectivity index (χ3n) is 1.05. The molecule has 1 amide bonds. The maximum atomic E-state index is 10.1. The second-order valence-electron chi connectivity index (χ2n) is 2.72. The Morgan fingerprint density at radius 1 is 1.62 bits per heavy atom. The SMILES string of the molecule is CC(C)NC(=S)NCCOC(N)=O. The number of nitrogens with one attached hydrogen (secondary N) is 2. The van der Waals surface area contributed by atoms with Crippen LogP contribution in [0.25, 0.3) is 0 Å². The van der Waals surface area contributed by atoms with E-state index in [1.807, 2.05) is 13.8 Å². The monoisotopic (exact) mass is 205 g/mol. The Labute approximate surface area is 83.0 Å². The van der Waals surface area contributed by atoms with Crippen molar-refractivity contribution < 1.29 is 9.53 Å². The van der Waals surface area contributed by atoms with Gasteiger partial charge in [-0.05, 0) is 26.1 Å². The lowest BCUT2D eigenvalue weighted by molar-refractivity contribution is 0.159. The minimum Gasteiger partial charge on any atom is -0.448 e. The van der Waals surface area contributed by atoms with E-state index in [2.05, 4.69) is 15.4 Å². The van der Waals surface area contributed by atoms with Crippen LogP contribution in [0.3, 0.4) is 0 Å². The topological polar surface area (TPSA) is 76.4 Å². The van der Waals surface area contributed by atoms with Crippen molar-refractivity contribution in [1.82, 2.24) is 10.6 Å². The van der Waals surface area contributed by atoms with Crippen LogP contribution in [0.15, 0.2) is 0 Å². The molecule has 0 unspecified atom stereocenters. The first-order chi connectivity index (χ1) is 6.02. The summed E-state index contributed by atoms with van der Waals surface area (Å²) in [6, 6.07) is 0.289. The number of carbonyl (C=O) groups excluding carboxylic acids is 1. The fourth-order valence-corrected chi connectivity index (χ4v) is 0.967. The predicted octanol–water partition coefficient (Wildman–Crippen LogP) is -0.0458. The highest BCUT2D eigenvalue weighted by molar-refractivity contribution is 7.80. The number of hydrogen-bond acceptors (Lipinski definition) is 3. The number of amides is 1. The quantitative estimate of drug-likeness (QED) is 0.443. The zero-order valence-corrected chi connectivity index (χ0v) is 8.61. The van der Waals surface area contributed by atoms with Crippen LogP contribution >= 0.6 is 12.2 Å². The molecule has 0 rings (SSSR count). The molecule has 76 valence electrons. The Morgan fingerprint density at radius 2 is 2.23 bits per heavy atom. The molecule has 0 radical (unpaired) electrons. The second-order valence-corrected chi connectivity index (χ2v) is 3.13.